The lowest BCUT2D eigenvalue weighted by Gasteiger charge is -2.33. The molecule has 2 aromatic heterocycles. The molecule has 0 bridgehead atoms. The van der Waals surface area contributed by atoms with Crippen LogP contribution in [0.25, 0.3) is 11.0 Å². The molecule has 1 atom stereocenters. The first-order chi connectivity index (χ1) is 12.7. The van der Waals surface area contributed by atoms with Crippen molar-refractivity contribution in [1.29, 1.82) is 0 Å². The summed E-state index contributed by atoms with van der Waals surface area (Å²) in [7, 11) is 0. The summed E-state index contributed by atoms with van der Waals surface area (Å²) in [5, 5.41) is 0. The molecule has 138 valence electrons. The van der Waals surface area contributed by atoms with E-state index in [4.69, 9.17) is 10.7 Å². The van der Waals surface area contributed by atoms with Gasteiger partial charge < -0.3 is 10.7 Å². The van der Waals surface area contributed by atoms with Crippen LogP contribution in [0.5, 0.6) is 0 Å². The van der Waals surface area contributed by atoms with Gasteiger partial charge in [0.2, 0.25) is 0 Å². The summed E-state index contributed by atoms with van der Waals surface area (Å²) in [6.45, 7) is 7.00. The van der Waals surface area contributed by atoms with E-state index in [2.05, 4.69) is 46.9 Å². The number of nitrogens with one attached hydrogen (secondary N) is 1. The molecule has 0 spiro atoms. The first kappa shape index (κ1) is 18.5. The van der Waals surface area contributed by atoms with Crippen LogP contribution < -0.4 is 5.73 Å². The molecule has 0 radical (unpaired) electrons. The number of para-hydroxylation sites is 2. The number of hydrogen-bond acceptors (Lipinski definition) is 4. The lowest BCUT2D eigenvalue weighted by Crippen LogP contribution is -2.33. The summed E-state index contributed by atoms with van der Waals surface area (Å²) >= 11 is 0. The topological polar surface area (TPSA) is 70.8 Å². The van der Waals surface area contributed by atoms with Crippen LogP contribution in [0.1, 0.15) is 44.2 Å². The van der Waals surface area contributed by atoms with Gasteiger partial charge in [0.05, 0.1) is 29.3 Å². The Balaban J connectivity index is 1.87. The van der Waals surface area contributed by atoms with Gasteiger partial charge in [-0.1, -0.05) is 32.0 Å². The third-order valence-corrected chi connectivity index (χ3v) is 4.71. The van der Waals surface area contributed by atoms with Crippen molar-refractivity contribution in [3.05, 3.63) is 60.2 Å². The number of aromatic nitrogens is 3. The van der Waals surface area contributed by atoms with Gasteiger partial charge in [-0.05, 0) is 56.1 Å². The predicted molar refractivity (Wildman–Crippen MR) is 107 cm³/mol. The number of H-pyrrole nitrogens is 1. The van der Waals surface area contributed by atoms with Crippen molar-refractivity contribution in [2.24, 2.45) is 11.7 Å². The van der Waals surface area contributed by atoms with Gasteiger partial charge in [0.25, 0.3) is 0 Å². The molecule has 0 saturated heterocycles. The number of rotatable bonds is 9. The second-order valence-electron chi connectivity index (χ2n) is 7.11. The van der Waals surface area contributed by atoms with E-state index >= 15 is 0 Å². The fourth-order valence-electron chi connectivity index (χ4n) is 3.55. The van der Waals surface area contributed by atoms with Crippen LogP contribution in [-0.2, 0) is 6.54 Å². The van der Waals surface area contributed by atoms with Gasteiger partial charge in [-0.15, -0.1) is 0 Å². The van der Waals surface area contributed by atoms with Gasteiger partial charge in [0, 0.05) is 6.20 Å². The highest BCUT2D eigenvalue weighted by Crippen LogP contribution is 2.29. The molecule has 1 unspecified atom stereocenters. The van der Waals surface area contributed by atoms with Crippen LogP contribution in [0.4, 0.5) is 0 Å². The van der Waals surface area contributed by atoms with Crippen molar-refractivity contribution < 1.29 is 0 Å². The normalized spacial score (nSPS) is 13.0. The first-order valence-corrected chi connectivity index (χ1v) is 9.47. The monoisotopic (exact) mass is 351 g/mol. The van der Waals surface area contributed by atoms with E-state index in [0.29, 0.717) is 5.92 Å². The highest BCUT2D eigenvalue weighted by atomic mass is 15.2. The molecule has 3 aromatic rings. The fourth-order valence-corrected chi connectivity index (χ4v) is 3.55. The molecule has 0 amide bonds. The number of nitrogens with zero attached hydrogens (tertiary/aromatic N) is 3. The molecule has 1 aromatic carbocycles. The maximum Gasteiger partial charge on any atom is 0.121 e. The van der Waals surface area contributed by atoms with Crippen LogP contribution in [0.3, 0.4) is 0 Å². The zero-order valence-electron chi connectivity index (χ0n) is 15.7. The van der Waals surface area contributed by atoms with Crippen LogP contribution in [0.2, 0.25) is 0 Å². The molecular formula is C21H29N5. The number of benzene rings is 1. The third kappa shape index (κ3) is 4.48. The molecule has 0 aliphatic rings. The maximum atomic E-state index is 5.72. The van der Waals surface area contributed by atoms with Crippen molar-refractivity contribution in [1.82, 2.24) is 19.9 Å². The molecule has 2 heterocycles. The van der Waals surface area contributed by atoms with E-state index in [1.807, 2.05) is 30.5 Å². The Kier molecular flexibility index (Phi) is 6.36. The molecule has 0 fully saturated rings. The van der Waals surface area contributed by atoms with Crippen molar-refractivity contribution in [2.45, 2.75) is 39.3 Å². The lowest BCUT2D eigenvalue weighted by molar-refractivity contribution is 0.137. The van der Waals surface area contributed by atoms with Crippen LogP contribution in [-0.4, -0.2) is 32.9 Å². The molecule has 0 aliphatic heterocycles. The van der Waals surface area contributed by atoms with Gasteiger partial charge in [-0.3, -0.25) is 9.88 Å². The van der Waals surface area contributed by atoms with Crippen molar-refractivity contribution in [3.63, 3.8) is 0 Å². The summed E-state index contributed by atoms with van der Waals surface area (Å²) in [5.74, 6) is 1.45. The number of unbranched alkanes of at least 4 members (excludes halogenated alkanes) is 1. The number of aromatic amines is 1. The first-order valence-electron chi connectivity index (χ1n) is 9.47. The Bertz CT molecular complexity index is 763. The average Bonchev–Trinajstić information content (AvgIpc) is 3.05. The van der Waals surface area contributed by atoms with Gasteiger partial charge >= 0.3 is 0 Å². The highest BCUT2D eigenvalue weighted by molar-refractivity contribution is 5.74. The third-order valence-electron chi connectivity index (χ3n) is 4.71. The summed E-state index contributed by atoms with van der Waals surface area (Å²) < 4.78 is 0. The van der Waals surface area contributed by atoms with Crippen LogP contribution >= 0.6 is 0 Å². The van der Waals surface area contributed by atoms with Gasteiger partial charge in [-0.2, -0.15) is 0 Å². The Morgan fingerprint density at radius 3 is 2.58 bits per heavy atom. The minimum Gasteiger partial charge on any atom is -0.341 e. The largest absolute Gasteiger partial charge is 0.341 e. The zero-order valence-corrected chi connectivity index (χ0v) is 15.7. The molecule has 5 nitrogen and oxygen atoms in total. The summed E-state index contributed by atoms with van der Waals surface area (Å²) in [6, 6.07) is 14.6. The molecule has 3 N–H and O–H groups in total. The molecule has 26 heavy (non-hydrogen) atoms. The van der Waals surface area contributed by atoms with Crippen LogP contribution in [0, 0.1) is 5.92 Å². The van der Waals surface area contributed by atoms with E-state index in [1.54, 1.807) is 0 Å². The smallest absolute Gasteiger partial charge is 0.121 e. The van der Waals surface area contributed by atoms with Gasteiger partial charge in [0.1, 0.15) is 5.82 Å². The van der Waals surface area contributed by atoms with Crippen LogP contribution in [0.15, 0.2) is 48.7 Å². The van der Waals surface area contributed by atoms with E-state index in [1.165, 1.54) is 0 Å². The van der Waals surface area contributed by atoms with E-state index in [9.17, 15) is 0 Å². The maximum absolute atomic E-state index is 5.72. The van der Waals surface area contributed by atoms with Gasteiger partial charge in [0.15, 0.2) is 0 Å². The van der Waals surface area contributed by atoms with Crippen molar-refractivity contribution in [3.8, 4) is 0 Å². The van der Waals surface area contributed by atoms with Crippen molar-refractivity contribution >= 4 is 11.0 Å². The molecule has 5 heteroatoms. The average molecular weight is 351 g/mol. The minimum absolute atomic E-state index is 0.252. The number of pyridine rings is 1. The van der Waals surface area contributed by atoms with Gasteiger partial charge in [-0.25, -0.2) is 4.98 Å². The molecular weight excluding hydrogens is 322 g/mol. The zero-order chi connectivity index (χ0) is 18.4. The molecule has 0 saturated carbocycles. The Labute approximate surface area is 155 Å². The highest BCUT2D eigenvalue weighted by Gasteiger charge is 2.25. The van der Waals surface area contributed by atoms with Crippen molar-refractivity contribution in [2.75, 3.05) is 13.1 Å². The van der Waals surface area contributed by atoms with E-state index < -0.39 is 0 Å². The minimum atomic E-state index is 0.252. The Morgan fingerprint density at radius 1 is 1.08 bits per heavy atom. The molecule has 3 rings (SSSR count). The summed E-state index contributed by atoms with van der Waals surface area (Å²) in [5.41, 5.74) is 8.94. The Morgan fingerprint density at radius 2 is 1.88 bits per heavy atom. The second kappa shape index (κ2) is 8.92. The number of imidazole rings is 1. The number of nitrogens with two attached hydrogens (primary N) is 1. The SMILES string of the molecule is CC(C)C(c1ccccn1)N(CCCCN)Cc1nc2ccccc2[nH]1. The summed E-state index contributed by atoms with van der Waals surface area (Å²) in [6.07, 6.45) is 3.99. The Hall–Kier alpha value is -2.24. The number of fused-ring (bicyclic) bond motifs is 1. The standard InChI is InChI=1S/C21H29N5/c1-16(2)21(19-11-5-7-13-23-19)26(14-8-6-12-22)15-20-24-17-9-3-4-10-18(17)25-20/h3-5,7,9-11,13,16,21H,6,8,12,14-15,22H2,1-2H3,(H,24,25). The summed E-state index contributed by atoms with van der Waals surface area (Å²) in [4.78, 5) is 15.4. The molecule has 0 aliphatic carbocycles. The van der Waals surface area contributed by atoms with E-state index in [0.717, 1.165) is 55.0 Å². The quantitative estimate of drug-likeness (QED) is 0.574. The van der Waals surface area contributed by atoms with E-state index in [-0.39, 0.29) is 6.04 Å². The lowest BCUT2D eigenvalue weighted by atomic mass is 9.98. The fraction of sp³-hybridized carbons (Fsp3) is 0.429. The predicted octanol–water partition coefficient (Wildman–Crippen LogP) is 3.90. The second-order valence-corrected chi connectivity index (χ2v) is 7.11. The number of hydrogen-bond donors (Lipinski definition) is 2.